The molecule has 1 aliphatic rings. The molecule has 0 bridgehead atoms. The van der Waals surface area contributed by atoms with Gasteiger partial charge in [-0.15, -0.1) is 0 Å². The van der Waals surface area contributed by atoms with E-state index in [9.17, 15) is 9.59 Å². The Morgan fingerprint density at radius 2 is 1.78 bits per heavy atom. The fourth-order valence-electron chi connectivity index (χ4n) is 2.02. The highest BCUT2D eigenvalue weighted by atomic mass is 32.2. The fourth-order valence-corrected chi connectivity index (χ4v) is 2.88. The van der Waals surface area contributed by atoms with Crippen molar-refractivity contribution < 1.29 is 9.59 Å². The Bertz CT molecular complexity index is 453. The SMILES string of the molecule is CC(C)Cc1ccc(CC2SC(=O)NC2=O)cc1. The predicted molar refractivity (Wildman–Crippen MR) is 73.6 cm³/mol. The van der Waals surface area contributed by atoms with Gasteiger partial charge in [-0.05, 0) is 29.9 Å². The molecule has 0 aromatic heterocycles. The van der Waals surface area contributed by atoms with Crippen LogP contribution < -0.4 is 5.32 Å². The van der Waals surface area contributed by atoms with E-state index in [0.717, 1.165) is 23.7 Å². The van der Waals surface area contributed by atoms with Crippen molar-refractivity contribution in [3.8, 4) is 0 Å². The topological polar surface area (TPSA) is 46.2 Å². The molecule has 1 atom stereocenters. The number of hydrogen-bond acceptors (Lipinski definition) is 3. The molecule has 1 aromatic carbocycles. The van der Waals surface area contributed by atoms with Crippen molar-refractivity contribution in [2.75, 3.05) is 0 Å². The minimum Gasteiger partial charge on any atom is -0.286 e. The molecular weight excluding hydrogens is 246 g/mol. The van der Waals surface area contributed by atoms with Gasteiger partial charge in [-0.1, -0.05) is 49.9 Å². The van der Waals surface area contributed by atoms with Gasteiger partial charge in [-0.25, -0.2) is 0 Å². The van der Waals surface area contributed by atoms with Gasteiger partial charge in [-0.3, -0.25) is 14.9 Å². The minimum atomic E-state index is -0.270. The van der Waals surface area contributed by atoms with Crippen LogP contribution in [0.4, 0.5) is 4.79 Å². The van der Waals surface area contributed by atoms with E-state index in [1.165, 1.54) is 5.56 Å². The van der Waals surface area contributed by atoms with Gasteiger partial charge in [0.25, 0.3) is 5.24 Å². The number of nitrogens with one attached hydrogen (secondary N) is 1. The van der Waals surface area contributed by atoms with Gasteiger partial charge in [0.1, 0.15) is 0 Å². The van der Waals surface area contributed by atoms with Gasteiger partial charge in [0.05, 0.1) is 5.25 Å². The van der Waals surface area contributed by atoms with Gasteiger partial charge in [0.2, 0.25) is 5.91 Å². The maximum absolute atomic E-state index is 11.4. The lowest BCUT2D eigenvalue weighted by Crippen LogP contribution is -2.25. The molecule has 0 saturated carbocycles. The van der Waals surface area contributed by atoms with Crippen molar-refractivity contribution in [3.63, 3.8) is 0 Å². The van der Waals surface area contributed by atoms with Gasteiger partial charge < -0.3 is 0 Å². The number of amides is 2. The smallest absolute Gasteiger partial charge is 0.286 e. The van der Waals surface area contributed by atoms with E-state index in [2.05, 4.69) is 31.3 Å². The zero-order valence-corrected chi connectivity index (χ0v) is 11.4. The zero-order chi connectivity index (χ0) is 13.1. The molecule has 1 unspecified atom stereocenters. The molecule has 4 heteroatoms. The molecule has 0 spiro atoms. The molecule has 1 heterocycles. The summed E-state index contributed by atoms with van der Waals surface area (Å²) >= 11 is 1.08. The van der Waals surface area contributed by atoms with Gasteiger partial charge >= 0.3 is 0 Å². The molecule has 1 fully saturated rings. The van der Waals surface area contributed by atoms with Crippen LogP contribution in [0.25, 0.3) is 0 Å². The highest BCUT2D eigenvalue weighted by Crippen LogP contribution is 2.23. The standard InChI is InChI=1S/C14H17NO2S/c1-9(2)7-10-3-5-11(6-4-10)8-12-13(16)15-14(17)18-12/h3-6,9,12H,7-8H2,1-2H3,(H,15,16,17). The van der Waals surface area contributed by atoms with E-state index >= 15 is 0 Å². The molecule has 18 heavy (non-hydrogen) atoms. The first-order chi connectivity index (χ1) is 8.54. The van der Waals surface area contributed by atoms with E-state index in [0.29, 0.717) is 12.3 Å². The number of hydrogen-bond donors (Lipinski definition) is 1. The van der Waals surface area contributed by atoms with Crippen molar-refractivity contribution in [1.29, 1.82) is 0 Å². The van der Waals surface area contributed by atoms with Crippen molar-refractivity contribution in [2.45, 2.75) is 31.9 Å². The summed E-state index contributed by atoms with van der Waals surface area (Å²) in [5, 5.41) is 1.80. The van der Waals surface area contributed by atoms with E-state index in [4.69, 9.17) is 0 Å². The quantitative estimate of drug-likeness (QED) is 0.908. The summed E-state index contributed by atoms with van der Waals surface area (Å²) in [6.45, 7) is 4.39. The molecule has 1 aromatic rings. The van der Waals surface area contributed by atoms with Crippen LogP contribution in [-0.4, -0.2) is 16.4 Å². The average Bonchev–Trinajstić information content (AvgIpc) is 2.59. The summed E-state index contributed by atoms with van der Waals surface area (Å²) in [6, 6.07) is 8.31. The van der Waals surface area contributed by atoms with Crippen LogP contribution in [0, 0.1) is 5.92 Å². The molecular formula is C14H17NO2S. The van der Waals surface area contributed by atoms with Crippen LogP contribution in [-0.2, 0) is 17.6 Å². The first-order valence-electron chi connectivity index (χ1n) is 6.14. The molecule has 2 rings (SSSR count). The Morgan fingerprint density at radius 1 is 1.17 bits per heavy atom. The van der Waals surface area contributed by atoms with Crippen LogP contribution in [0.3, 0.4) is 0 Å². The summed E-state index contributed by atoms with van der Waals surface area (Å²) in [5.74, 6) is 0.473. The molecule has 2 amide bonds. The highest BCUT2D eigenvalue weighted by molar-refractivity contribution is 8.15. The summed E-state index contributed by atoms with van der Waals surface area (Å²) < 4.78 is 0. The number of carbonyl (C=O) groups excluding carboxylic acids is 2. The summed E-state index contributed by atoms with van der Waals surface area (Å²) in [4.78, 5) is 22.5. The van der Waals surface area contributed by atoms with Gasteiger partial charge in [0, 0.05) is 0 Å². The molecule has 1 saturated heterocycles. The second kappa shape index (κ2) is 5.57. The number of thioether (sulfide) groups is 1. The zero-order valence-electron chi connectivity index (χ0n) is 10.6. The fraction of sp³-hybridized carbons (Fsp3) is 0.429. The van der Waals surface area contributed by atoms with Crippen LogP contribution >= 0.6 is 11.8 Å². The Labute approximate surface area is 111 Å². The molecule has 3 nitrogen and oxygen atoms in total. The Hall–Kier alpha value is -1.29. The second-order valence-electron chi connectivity index (χ2n) is 5.00. The molecule has 96 valence electrons. The first-order valence-corrected chi connectivity index (χ1v) is 7.02. The third-order valence-electron chi connectivity index (χ3n) is 2.86. The number of rotatable bonds is 4. The third-order valence-corrected chi connectivity index (χ3v) is 3.84. The largest absolute Gasteiger partial charge is 0.286 e. The lowest BCUT2D eigenvalue weighted by Gasteiger charge is -2.08. The Balaban J connectivity index is 1.98. The molecule has 1 N–H and O–H groups in total. The summed E-state index contributed by atoms with van der Waals surface area (Å²) in [5.41, 5.74) is 2.42. The van der Waals surface area contributed by atoms with E-state index in [-0.39, 0.29) is 16.4 Å². The number of carbonyl (C=O) groups is 2. The monoisotopic (exact) mass is 263 g/mol. The summed E-state index contributed by atoms with van der Waals surface area (Å²) in [6.07, 6.45) is 1.68. The van der Waals surface area contributed by atoms with Crippen molar-refractivity contribution in [1.82, 2.24) is 5.32 Å². The minimum absolute atomic E-state index is 0.170. The van der Waals surface area contributed by atoms with Gasteiger partial charge in [0.15, 0.2) is 0 Å². The molecule has 1 aliphatic heterocycles. The number of benzene rings is 1. The third kappa shape index (κ3) is 3.35. The first kappa shape index (κ1) is 13.1. The second-order valence-corrected chi connectivity index (χ2v) is 6.18. The van der Waals surface area contributed by atoms with Crippen molar-refractivity contribution in [2.24, 2.45) is 5.92 Å². The Morgan fingerprint density at radius 3 is 2.28 bits per heavy atom. The molecule has 0 aliphatic carbocycles. The Kier molecular flexibility index (Phi) is 4.07. The lowest BCUT2D eigenvalue weighted by atomic mass is 10.0. The van der Waals surface area contributed by atoms with Crippen LogP contribution in [0.1, 0.15) is 25.0 Å². The normalized spacial score (nSPS) is 19.4. The lowest BCUT2D eigenvalue weighted by molar-refractivity contribution is -0.118. The highest BCUT2D eigenvalue weighted by Gasteiger charge is 2.31. The van der Waals surface area contributed by atoms with Crippen molar-refractivity contribution >= 4 is 22.9 Å². The van der Waals surface area contributed by atoms with Crippen LogP contribution in [0.2, 0.25) is 0 Å². The average molecular weight is 263 g/mol. The number of imide groups is 1. The van der Waals surface area contributed by atoms with E-state index in [1.54, 1.807) is 0 Å². The van der Waals surface area contributed by atoms with Crippen LogP contribution in [0.15, 0.2) is 24.3 Å². The van der Waals surface area contributed by atoms with E-state index in [1.807, 2.05) is 12.1 Å². The molecule has 0 radical (unpaired) electrons. The van der Waals surface area contributed by atoms with E-state index < -0.39 is 0 Å². The van der Waals surface area contributed by atoms with Gasteiger partial charge in [-0.2, -0.15) is 0 Å². The van der Waals surface area contributed by atoms with Crippen LogP contribution in [0.5, 0.6) is 0 Å². The van der Waals surface area contributed by atoms with Crippen molar-refractivity contribution in [3.05, 3.63) is 35.4 Å². The maximum Gasteiger partial charge on any atom is 0.286 e. The maximum atomic E-state index is 11.4. The predicted octanol–water partition coefficient (Wildman–Crippen LogP) is 2.78. The summed E-state index contributed by atoms with van der Waals surface area (Å²) in [7, 11) is 0.